The third-order valence-electron chi connectivity index (χ3n) is 2.95. The number of aryl methyl sites for hydroxylation is 1. The van der Waals surface area contributed by atoms with E-state index in [0.29, 0.717) is 0 Å². The van der Waals surface area contributed by atoms with Crippen molar-refractivity contribution < 1.29 is 9.90 Å². The normalized spacial score (nSPS) is 11.4. The van der Waals surface area contributed by atoms with Crippen LogP contribution in [0.3, 0.4) is 0 Å². The lowest BCUT2D eigenvalue weighted by atomic mass is 9.82. The van der Waals surface area contributed by atoms with E-state index in [1.165, 1.54) is 5.56 Å². The molecule has 0 atom stereocenters. The van der Waals surface area contributed by atoms with Crippen LogP contribution in [0.4, 0.5) is 0 Å². The summed E-state index contributed by atoms with van der Waals surface area (Å²) in [7, 11) is 0. The van der Waals surface area contributed by atoms with Crippen LogP contribution < -0.4 is 0 Å². The number of carboxylic acid groups (broad SMARTS) is 1. The number of hydrogen-bond acceptors (Lipinski definition) is 1. The van der Waals surface area contributed by atoms with Crippen molar-refractivity contribution in [3.63, 3.8) is 0 Å². The van der Waals surface area contributed by atoms with Crippen molar-refractivity contribution >= 4 is 5.97 Å². The standard InChI is InChI=1S/C14H20O2/c1-14(2,11-9-13(15)16)10-8-12-6-4-3-5-7-12/h3-7H,8-11H2,1-2H3,(H,15,16). The van der Waals surface area contributed by atoms with Crippen LogP contribution >= 0.6 is 0 Å². The van der Waals surface area contributed by atoms with Crippen molar-refractivity contribution in [3.05, 3.63) is 35.9 Å². The van der Waals surface area contributed by atoms with E-state index in [9.17, 15) is 4.79 Å². The van der Waals surface area contributed by atoms with Crippen LogP contribution in [0, 0.1) is 5.41 Å². The number of carboxylic acids is 1. The van der Waals surface area contributed by atoms with Crippen molar-refractivity contribution in [2.24, 2.45) is 5.41 Å². The predicted octanol–water partition coefficient (Wildman–Crippen LogP) is 3.51. The molecule has 0 aromatic heterocycles. The van der Waals surface area contributed by atoms with Crippen LogP contribution in [0.2, 0.25) is 0 Å². The number of rotatable bonds is 6. The van der Waals surface area contributed by atoms with Crippen molar-refractivity contribution in [1.29, 1.82) is 0 Å². The lowest BCUT2D eigenvalue weighted by Crippen LogP contribution is -2.14. The van der Waals surface area contributed by atoms with E-state index in [4.69, 9.17) is 5.11 Å². The smallest absolute Gasteiger partial charge is 0.303 e. The summed E-state index contributed by atoms with van der Waals surface area (Å²) in [5, 5.41) is 8.66. The maximum Gasteiger partial charge on any atom is 0.303 e. The first-order chi connectivity index (χ1) is 7.49. The van der Waals surface area contributed by atoms with Gasteiger partial charge in [-0.25, -0.2) is 0 Å². The molecule has 0 fully saturated rings. The summed E-state index contributed by atoms with van der Waals surface area (Å²) in [6, 6.07) is 10.3. The topological polar surface area (TPSA) is 37.3 Å². The van der Waals surface area contributed by atoms with Gasteiger partial charge in [0.1, 0.15) is 0 Å². The summed E-state index contributed by atoms with van der Waals surface area (Å²) < 4.78 is 0. The summed E-state index contributed by atoms with van der Waals surface area (Å²) >= 11 is 0. The van der Waals surface area contributed by atoms with Gasteiger partial charge in [-0.05, 0) is 30.2 Å². The van der Waals surface area contributed by atoms with Gasteiger partial charge in [0.05, 0.1) is 0 Å². The highest BCUT2D eigenvalue weighted by atomic mass is 16.4. The molecule has 0 heterocycles. The molecule has 0 aliphatic carbocycles. The van der Waals surface area contributed by atoms with Gasteiger partial charge in [0.2, 0.25) is 0 Å². The Morgan fingerprint density at radius 1 is 1.19 bits per heavy atom. The van der Waals surface area contributed by atoms with Gasteiger partial charge in [-0.15, -0.1) is 0 Å². The molecule has 1 rings (SSSR count). The van der Waals surface area contributed by atoms with Crippen LogP contribution in [0.5, 0.6) is 0 Å². The summed E-state index contributed by atoms with van der Waals surface area (Å²) in [5.41, 5.74) is 1.43. The minimum absolute atomic E-state index is 0.105. The first-order valence-electron chi connectivity index (χ1n) is 5.75. The summed E-state index contributed by atoms with van der Waals surface area (Å²) in [4.78, 5) is 10.5. The lowest BCUT2D eigenvalue weighted by Gasteiger charge is -2.23. The molecule has 1 N–H and O–H groups in total. The Bertz CT molecular complexity index is 328. The van der Waals surface area contributed by atoms with Gasteiger partial charge in [0.15, 0.2) is 0 Å². The molecule has 0 aliphatic rings. The second kappa shape index (κ2) is 5.69. The molecule has 0 amide bonds. The molecule has 88 valence electrons. The van der Waals surface area contributed by atoms with E-state index in [1.54, 1.807) is 0 Å². The number of aliphatic carboxylic acids is 1. The van der Waals surface area contributed by atoms with E-state index in [2.05, 4.69) is 26.0 Å². The van der Waals surface area contributed by atoms with Gasteiger partial charge in [0, 0.05) is 6.42 Å². The van der Waals surface area contributed by atoms with Gasteiger partial charge in [-0.3, -0.25) is 4.79 Å². The highest BCUT2D eigenvalue weighted by Gasteiger charge is 2.18. The number of benzene rings is 1. The fourth-order valence-corrected chi connectivity index (χ4v) is 1.70. The molecule has 2 nitrogen and oxygen atoms in total. The third-order valence-corrected chi connectivity index (χ3v) is 2.95. The lowest BCUT2D eigenvalue weighted by molar-refractivity contribution is -0.137. The van der Waals surface area contributed by atoms with E-state index < -0.39 is 5.97 Å². The maximum atomic E-state index is 10.5. The van der Waals surface area contributed by atoms with Gasteiger partial charge in [-0.2, -0.15) is 0 Å². The quantitative estimate of drug-likeness (QED) is 0.796. The molecule has 0 radical (unpaired) electrons. The molecule has 2 heteroatoms. The summed E-state index contributed by atoms with van der Waals surface area (Å²) in [6.45, 7) is 4.28. The fourth-order valence-electron chi connectivity index (χ4n) is 1.70. The predicted molar refractivity (Wildman–Crippen MR) is 65.4 cm³/mol. The fraction of sp³-hybridized carbons (Fsp3) is 0.500. The second-order valence-corrected chi connectivity index (χ2v) is 5.04. The monoisotopic (exact) mass is 220 g/mol. The van der Waals surface area contributed by atoms with Crippen LogP contribution in [-0.2, 0) is 11.2 Å². The molecule has 0 saturated heterocycles. The summed E-state index contributed by atoms with van der Waals surface area (Å²) in [6.07, 6.45) is 3.06. The van der Waals surface area contributed by atoms with Crippen LogP contribution in [0.15, 0.2) is 30.3 Å². The SMILES string of the molecule is CC(C)(CCC(=O)O)CCc1ccccc1. The Labute approximate surface area is 97.3 Å². The zero-order valence-electron chi connectivity index (χ0n) is 10.1. The zero-order valence-corrected chi connectivity index (χ0v) is 10.1. The highest BCUT2D eigenvalue weighted by Crippen LogP contribution is 2.28. The second-order valence-electron chi connectivity index (χ2n) is 5.04. The Kier molecular flexibility index (Phi) is 4.53. The first kappa shape index (κ1) is 12.8. The van der Waals surface area contributed by atoms with Gasteiger partial charge < -0.3 is 5.11 Å². The van der Waals surface area contributed by atoms with Gasteiger partial charge >= 0.3 is 5.97 Å². The Morgan fingerprint density at radius 2 is 1.81 bits per heavy atom. The minimum atomic E-state index is -0.701. The average Bonchev–Trinajstić information content (AvgIpc) is 2.26. The van der Waals surface area contributed by atoms with E-state index >= 15 is 0 Å². The van der Waals surface area contributed by atoms with Crippen molar-refractivity contribution in [1.82, 2.24) is 0 Å². The highest BCUT2D eigenvalue weighted by molar-refractivity contribution is 5.66. The minimum Gasteiger partial charge on any atom is -0.481 e. The molecular weight excluding hydrogens is 200 g/mol. The molecule has 0 spiro atoms. The molecule has 0 unspecified atom stereocenters. The van der Waals surface area contributed by atoms with Gasteiger partial charge in [-0.1, -0.05) is 44.2 Å². The molecular formula is C14H20O2. The summed E-state index contributed by atoms with van der Waals surface area (Å²) in [5.74, 6) is -0.701. The van der Waals surface area contributed by atoms with E-state index in [-0.39, 0.29) is 11.8 Å². The number of carbonyl (C=O) groups is 1. The van der Waals surface area contributed by atoms with Crippen LogP contribution in [0.1, 0.15) is 38.7 Å². The molecule has 1 aromatic rings. The van der Waals surface area contributed by atoms with Crippen LogP contribution in [-0.4, -0.2) is 11.1 Å². The van der Waals surface area contributed by atoms with Crippen LogP contribution in [0.25, 0.3) is 0 Å². The third kappa shape index (κ3) is 4.96. The van der Waals surface area contributed by atoms with E-state index in [1.807, 2.05) is 18.2 Å². The largest absolute Gasteiger partial charge is 0.481 e. The average molecular weight is 220 g/mol. The van der Waals surface area contributed by atoms with E-state index in [0.717, 1.165) is 19.3 Å². The Balaban J connectivity index is 2.38. The van der Waals surface area contributed by atoms with Crippen molar-refractivity contribution in [2.45, 2.75) is 39.5 Å². The van der Waals surface area contributed by atoms with Crippen molar-refractivity contribution in [3.8, 4) is 0 Å². The first-order valence-corrected chi connectivity index (χ1v) is 5.75. The molecule has 16 heavy (non-hydrogen) atoms. The molecule has 0 bridgehead atoms. The number of hydrogen-bond donors (Lipinski definition) is 1. The van der Waals surface area contributed by atoms with Gasteiger partial charge in [0.25, 0.3) is 0 Å². The van der Waals surface area contributed by atoms with Crippen molar-refractivity contribution in [2.75, 3.05) is 0 Å². The Hall–Kier alpha value is -1.31. The zero-order chi connectivity index (χ0) is 12.0. The molecule has 0 saturated carbocycles. The Morgan fingerprint density at radius 3 is 2.38 bits per heavy atom. The molecule has 1 aromatic carbocycles. The maximum absolute atomic E-state index is 10.5. The molecule has 0 aliphatic heterocycles.